The third-order valence-electron chi connectivity index (χ3n) is 3.12. The summed E-state index contributed by atoms with van der Waals surface area (Å²) in [6, 6.07) is 7.51. The minimum Gasteiger partial charge on any atom is -0.390 e. The fourth-order valence-corrected chi connectivity index (χ4v) is 2.14. The SMILES string of the molecule is CCC(=O)N(C)C[C@@H]1CC(c2ccc(Cl)cc2)=NO1. The normalized spacial score (nSPS) is 17.8. The van der Waals surface area contributed by atoms with E-state index in [1.54, 1.807) is 11.9 Å². The minimum absolute atomic E-state index is 0.0637. The standard InChI is InChI=1S/C14H17ClN2O2/c1-3-14(18)17(2)9-12-8-13(16-19-12)10-4-6-11(15)7-5-10/h4-7,12H,3,8-9H2,1-2H3/t12-/m0/s1. The molecule has 0 fully saturated rings. The van der Waals surface area contributed by atoms with Gasteiger partial charge in [0, 0.05) is 24.9 Å². The van der Waals surface area contributed by atoms with Gasteiger partial charge in [-0.15, -0.1) is 0 Å². The van der Waals surface area contributed by atoms with Crippen molar-refractivity contribution < 1.29 is 9.63 Å². The first-order valence-corrected chi connectivity index (χ1v) is 6.70. The molecule has 2 rings (SSSR count). The number of likely N-dealkylation sites (N-methyl/N-ethyl adjacent to an activating group) is 1. The van der Waals surface area contributed by atoms with Crippen molar-refractivity contribution in [3.8, 4) is 0 Å². The summed E-state index contributed by atoms with van der Waals surface area (Å²) in [5.74, 6) is 0.114. The van der Waals surface area contributed by atoms with Crippen LogP contribution in [-0.4, -0.2) is 36.2 Å². The Hall–Kier alpha value is -1.55. The van der Waals surface area contributed by atoms with E-state index in [4.69, 9.17) is 16.4 Å². The highest BCUT2D eigenvalue weighted by Gasteiger charge is 2.24. The van der Waals surface area contributed by atoms with Crippen LogP contribution in [-0.2, 0) is 9.63 Å². The molecule has 102 valence electrons. The Morgan fingerprint density at radius 2 is 2.16 bits per heavy atom. The van der Waals surface area contributed by atoms with E-state index in [-0.39, 0.29) is 12.0 Å². The fourth-order valence-electron chi connectivity index (χ4n) is 2.02. The number of hydrogen-bond acceptors (Lipinski definition) is 3. The fraction of sp³-hybridized carbons (Fsp3) is 0.429. The van der Waals surface area contributed by atoms with Crippen LogP contribution in [0.4, 0.5) is 0 Å². The first-order chi connectivity index (χ1) is 9.10. The van der Waals surface area contributed by atoms with Gasteiger partial charge in [-0.05, 0) is 17.7 Å². The summed E-state index contributed by atoms with van der Waals surface area (Å²) < 4.78 is 0. The molecule has 1 aliphatic heterocycles. The Balaban J connectivity index is 1.92. The second kappa shape index (κ2) is 6.06. The van der Waals surface area contributed by atoms with E-state index in [1.165, 1.54) is 0 Å². The van der Waals surface area contributed by atoms with Crippen LogP contribution in [0.1, 0.15) is 25.3 Å². The number of halogens is 1. The summed E-state index contributed by atoms with van der Waals surface area (Å²) in [6.45, 7) is 2.41. The molecule has 0 aromatic heterocycles. The van der Waals surface area contributed by atoms with E-state index >= 15 is 0 Å². The highest BCUT2D eigenvalue weighted by Crippen LogP contribution is 2.19. The van der Waals surface area contributed by atoms with E-state index in [2.05, 4.69) is 5.16 Å². The van der Waals surface area contributed by atoms with Gasteiger partial charge in [-0.25, -0.2) is 0 Å². The Morgan fingerprint density at radius 1 is 1.47 bits per heavy atom. The van der Waals surface area contributed by atoms with Crippen molar-refractivity contribution in [2.45, 2.75) is 25.9 Å². The summed E-state index contributed by atoms with van der Waals surface area (Å²) in [6.07, 6.45) is 1.16. The molecular formula is C14H17ClN2O2. The van der Waals surface area contributed by atoms with Crippen molar-refractivity contribution in [2.24, 2.45) is 5.16 Å². The highest BCUT2D eigenvalue weighted by molar-refractivity contribution is 6.30. The molecule has 0 unspecified atom stereocenters. The lowest BCUT2D eigenvalue weighted by molar-refractivity contribution is -0.131. The summed E-state index contributed by atoms with van der Waals surface area (Å²) in [7, 11) is 1.79. The van der Waals surface area contributed by atoms with Crippen molar-refractivity contribution in [3.63, 3.8) is 0 Å². The predicted octanol–water partition coefficient (Wildman–Crippen LogP) is 2.70. The summed E-state index contributed by atoms with van der Waals surface area (Å²) >= 11 is 5.85. The van der Waals surface area contributed by atoms with Gasteiger partial charge in [0.25, 0.3) is 0 Å². The summed E-state index contributed by atoms with van der Waals surface area (Å²) in [4.78, 5) is 18.6. The van der Waals surface area contributed by atoms with E-state index < -0.39 is 0 Å². The molecule has 1 aromatic carbocycles. The second-order valence-corrected chi connectivity index (χ2v) is 5.04. The van der Waals surface area contributed by atoms with Gasteiger partial charge < -0.3 is 9.74 Å². The Labute approximate surface area is 118 Å². The molecular weight excluding hydrogens is 264 g/mol. The number of carbonyl (C=O) groups excluding carboxylic acids is 1. The zero-order chi connectivity index (χ0) is 13.8. The van der Waals surface area contributed by atoms with Crippen molar-refractivity contribution in [1.82, 2.24) is 4.90 Å². The van der Waals surface area contributed by atoms with Gasteiger partial charge in [-0.3, -0.25) is 4.79 Å². The molecule has 19 heavy (non-hydrogen) atoms. The lowest BCUT2D eigenvalue weighted by Gasteiger charge is -2.19. The maximum Gasteiger partial charge on any atom is 0.222 e. The van der Waals surface area contributed by atoms with E-state index in [1.807, 2.05) is 31.2 Å². The Kier molecular flexibility index (Phi) is 4.43. The number of hydrogen-bond donors (Lipinski definition) is 0. The van der Waals surface area contributed by atoms with E-state index in [0.29, 0.717) is 24.4 Å². The van der Waals surface area contributed by atoms with Gasteiger partial charge in [0.15, 0.2) is 6.10 Å². The molecule has 0 spiro atoms. The van der Waals surface area contributed by atoms with Crippen LogP contribution >= 0.6 is 11.6 Å². The molecule has 5 heteroatoms. The van der Waals surface area contributed by atoms with Crippen LogP contribution < -0.4 is 0 Å². The number of nitrogens with zero attached hydrogens (tertiary/aromatic N) is 2. The molecule has 1 amide bonds. The number of amides is 1. The quantitative estimate of drug-likeness (QED) is 0.851. The largest absolute Gasteiger partial charge is 0.390 e. The lowest BCUT2D eigenvalue weighted by Crippen LogP contribution is -2.34. The Morgan fingerprint density at radius 3 is 2.79 bits per heavy atom. The molecule has 0 saturated carbocycles. The van der Waals surface area contributed by atoms with Crippen LogP contribution in [0.5, 0.6) is 0 Å². The molecule has 0 radical (unpaired) electrons. The molecule has 0 N–H and O–H groups in total. The number of benzene rings is 1. The molecule has 1 atom stereocenters. The average Bonchev–Trinajstić information content (AvgIpc) is 2.87. The van der Waals surface area contributed by atoms with Crippen molar-refractivity contribution >= 4 is 23.2 Å². The zero-order valence-electron chi connectivity index (χ0n) is 11.1. The van der Waals surface area contributed by atoms with Crippen LogP contribution in [0.15, 0.2) is 29.4 Å². The molecule has 0 saturated heterocycles. The summed E-state index contributed by atoms with van der Waals surface area (Å²) in [5.41, 5.74) is 1.91. The van der Waals surface area contributed by atoms with Gasteiger partial charge in [0.05, 0.1) is 12.3 Å². The van der Waals surface area contributed by atoms with E-state index in [9.17, 15) is 4.79 Å². The second-order valence-electron chi connectivity index (χ2n) is 4.60. The lowest BCUT2D eigenvalue weighted by atomic mass is 10.0. The first-order valence-electron chi connectivity index (χ1n) is 6.32. The maximum absolute atomic E-state index is 11.5. The van der Waals surface area contributed by atoms with Crippen LogP contribution in [0.2, 0.25) is 5.02 Å². The topological polar surface area (TPSA) is 41.9 Å². The molecule has 0 aliphatic carbocycles. The number of rotatable bonds is 4. The van der Waals surface area contributed by atoms with Crippen LogP contribution in [0.3, 0.4) is 0 Å². The van der Waals surface area contributed by atoms with Crippen LogP contribution in [0.25, 0.3) is 0 Å². The van der Waals surface area contributed by atoms with Crippen molar-refractivity contribution in [2.75, 3.05) is 13.6 Å². The van der Waals surface area contributed by atoms with Gasteiger partial charge in [0.2, 0.25) is 5.91 Å². The van der Waals surface area contributed by atoms with Gasteiger partial charge in [-0.1, -0.05) is 35.8 Å². The molecule has 1 heterocycles. The minimum atomic E-state index is -0.0637. The third-order valence-corrected chi connectivity index (χ3v) is 3.37. The van der Waals surface area contributed by atoms with Crippen LogP contribution in [0, 0.1) is 0 Å². The van der Waals surface area contributed by atoms with Gasteiger partial charge in [-0.2, -0.15) is 0 Å². The summed E-state index contributed by atoms with van der Waals surface area (Å²) in [5, 5.41) is 4.79. The van der Waals surface area contributed by atoms with Gasteiger partial charge in [0.1, 0.15) is 0 Å². The van der Waals surface area contributed by atoms with E-state index in [0.717, 1.165) is 11.3 Å². The van der Waals surface area contributed by atoms with Gasteiger partial charge >= 0.3 is 0 Å². The smallest absolute Gasteiger partial charge is 0.222 e. The maximum atomic E-state index is 11.5. The first kappa shape index (κ1) is 13.9. The monoisotopic (exact) mass is 280 g/mol. The average molecular weight is 281 g/mol. The third kappa shape index (κ3) is 3.47. The van der Waals surface area contributed by atoms with Crippen molar-refractivity contribution in [3.05, 3.63) is 34.9 Å². The highest BCUT2D eigenvalue weighted by atomic mass is 35.5. The number of oxime groups is 1. The molecule has 1 aromatic rings. The number of carbonyl (C=O) groups is 1. The molecule has 0 bridgehead atoms. The molecule has 1 aliphatic rings. The Bertz CT molecular complexity index is 485. The van der Waals surface area contributed by atoms with Crippen molar-refractivity contribution in [1.29, 1.82) is 0 Å². The zero-order valence-corrected chi connectivity index (χ0v) is 11.9. The molecule has 4 nitrogen and oxygen atoms in total. The predicted molar refractivity (Wildman–Crippen MR) is 75.4 cm³/mol.